The number of ether oxygens (including phenoxy) is 1. The van der Waals surface area contributed by atoms with Gasteiger partial charge in [-0.3, -0.25) is 9.36 Å². The normalized spacial score (nSPS) is 13.9. The third-order valence-electron chi connectivity index (χ3n) is 3.29. The molecule has 1 atom stereocenters. The van der Waals surface area contributed by atoms with Gasteiger partial charge in [-0.05, 0) is 32.7 Å². The minimum absolute atomic E-state index is 0.221. The highest BCUT2D eigenvalue weighted by Crippen LogP contribution is 2.19. The standard InChI is InChI=1S/C13H24N4O3S/c1-5-8-14-13(2,10(18)20-4)7-6-9-21-12-16-15-11(19)17(12)3/h14H,5-9H2,1-4H3,(H,15,19). The molecule has 0 aromatic carbocycles. The quantitative estimate of drug-likeness (QED) is 0.400. The first-order valence-electron chi connectivity index (χ1n) is 7.02. The number of nitrogens with one attached hydrogen (secondary N) is 2. The number of esters is 1. The molecule has 0 bridgehead atoms. The zero-order valence-corrected chi connectivity index (χ0v) is 13.9. The Bertz CT molecular complexity index is 514. The highest BCUT2D eigenvalue weighted by atomic mass is 32.2. The monoisotopic (exact) mass is 316 g/mol. The average Bonchev–Trinajstić information content (AvgIpc) is 2.80. The molecule has 0 saturated heterocycles. The van der Waals surface area contributed by atoms with Crippen LogP contribution in [0.3, 0.4) is 0 Å². The smallest absolute Gasteiger partial charge is 0.343 e. The van der Waals surface area contributed by atoms with Gasteiger partial charge in [-0.15, -0.1) is 5.10 Å². The number of carbonyl (C=O) groups excluding carboxylic acids is 1. The number of hydrogen-bond donors (Lipinski definition) is 2. The summed E-state index contributed by atoms with van der Waals surface area (Å²) < 4.78 is 6.35. The molecule has 120 valence electrons. The lowest BCUT2D eigenvalue weighted by molar-refractivity contribution is -0.148. The summed E-state index contributed by atoms with van der Waals surface area (Å²) in [6, 6.07) is 0. The fourth-order valence-corrected chi connectivity index (χ4v) is 2.80. The molecular formula is C13H24N4O3S. The minimum atomic E-state index is -0.664. The molecule has 0 saturated carbocycles. The maximum atomic E-state index is 11.9. The van der Waals surface area contributed by atoms with Crippen LogP contribution in [0.2, 0.25) is 0 Å². The van der Waals surface area contributed by atoms with Crippen LogP contribution in [0, 0.1) is 0 Å². The zero-order chi connectivity index (χ0) is 15.9. The molecule has 1 unspecified atom stereocenters. The van der Waals surface area contributed by atoms with E-state index in [0.29, 0.717) is 11.6 Å². The van der Waals surface area contributed by atoms with Gasteiger partial charge < -0.3 is 10.1 Å². The molecule has 0 aliphatic rings. The van der Waals surface area contributed by atoms with Crippen molar-refractivity contribution in [2.75, 3.05) is 19.4 Å². The second-order valence-corrected chi connectivity index (χ2v) is 6.13. The lowest BCUT2D eigenvalue weighted by Crippen LogP contribution is -2.50. The van der Waals surface area contributed by atoms with E-state index in [9.17, 15) is 9.59 Å². The number of rotatable bonds is 9. The molecule has 0 radical (unpaired) electrons. The number of thioether (sulfide) groups is 1. The molecule has 8 heteroatoms. The van der Waals surface area contributed by atoms with Gasteiger partial charge in [0, 0.05) is 12.8 Å². The Kier molecular flexibility index (Phi) is 6.97. The summed E-state index contributed by atoms with van der Waals surface area (Å²) in [5, 5.41) is 10.2. The molecule has 2 N–H and O–H groups in total. The predicted octanol–water partition coefficient (Wildman–Crippen LogP) is 0.912. The van der Waals surface area contributed by atoms with E-state index >= 15 is 0 Å². The van der Waals surface area contributed by atoms with Gasteiger partial charge in [-0.1, -0.05) is 18.7 Å². The van der Waals surface area contributed by atoms with Crippen molar-refractivity contribution in [3.05, 3.63) is 10.5 Å². The van der Waals surface area contributed by atoms with Crippen molar-refractivity contribution in [3.63, 3.8) is 0 Å². The number of aromatic amines is 1. The van der Waals surface area contributed by atoms with E-state index in [-0.39, 0.29) is 11.7 Å². The highest BCUT2D eigenvalue weighted by Gasteiger charge is 2.32. The number of H-pyrrole nitrogens is 1. The Balaban J connectivity index is 2.48. The van der Waals surface area contributed by atoms with Gasteiger partial charge in [-0.25, -0.2) is 9.89 Å². The van der Waals surface area contributed by atoms with Crippen LogP contribution in [0.4, 0.5) is 0 Å². The first-order chi connectivity index (χ1) is 9.94. The van der Waals surface area contributed by atoms with Crippen LogP contribution in [-0.4, -0.2) is 45.7 Å². The fraction of sp³-hybridized carbons (Fsp3) is 0.769. The van der Waals surface area contributed by atoms with Crippen molar-refractivity contribution in [2.45, 2.75) is 43.8 Å². The van der Waals surface area contributed by atoms with Gasteiger partial charge in [0.1, 0.15) is 5.54 Å². The molecule has 21 heavy (non-hydrogen) atoms. The van der Waals surface area contributed by atoms with Crippen LogP contribution in [-0.2, 0) is 16.6 Å². The SMILES string of the molecule is CCCNC(C)(CCCSc1n[nH]c(=O)n1C)C(=O)OC. The van der Waals surface area contributed by atoms with Crippen molar-refractivity contribution < 1.29 is 9.53 Å². The van der Waals surface area contributed by atoms with Crippen LogP contribution < -0.4 is 11.0 Å². The van der Waals surface area contributed by atoms with E-state index in [1.54, 1.807) is 7.05 Å². The number of methoxy groups -OCH3 is 1. The summed E-state index contributed by atoms with van der Waals surface area (Å²) in [5.41, 5.74) is -0.885. The summed E-state index contributed by atoms with van der Waals surface area (Å²) >= 11 is 1.49. The highest BCUT2D eigenvalue weighted by molar-refractivity contribution is 7.99. The van der Waals surface area contributed by atoms with Crippen molar-refractivity contribution in [1.29, 1.82) is 0 Å². The summed E-state index contributed by atoms with van der Waals surface area (Å²) in [6.07, 6.45) is 2.44. The maximum absolute atomic E-state index is 11.9. The van der Waals surface area contributed by atoms with E-state index in [1.165, 1.54) is 23.4 Å². The lowest BCUT2D eigenvalue weighted by Gasteiger charge is -2.27. The van der Waals surface area contributed by atoms with Gasteiger partial charge in [0.15, 0.2) is 5.16 Å². The van der Waals surface area contributed by atoms with Gasteiger partial charge >= 0.3 is 11.7 Å². The number of hydrogen-bond acceptors (Lipinski definition) is 6. The van der Waals surface area contributed by atoms with Crippen LogP contribution in [0.5, 0.6) is 0 Å². The van der Waals surface area contributed by atoms with Gasteiger partial charge in [0.2, 0.25) is 0 Å². The van der Waals surface area contributed by atoms with E-state index in [2.05, 4.69) is 22.4 Å². The third kappa shape index (κ3) is 4.89. The molecule has 1 rings (SSSR count). The Hall–Kier alpha value is -1.28. The van der Waals surface area contributed by atoms with E-state index < -0.39 is 5.54 Å². The van der Waals surface area contributed by atoms with Crippen molar-refractivity contribution >= 4 is 17.7 Å². The first-order valence-corrected chi connectivity index (χ1v) is 8.00. The van der Waals surface area contributed by atoms with Crippen molar-refractivity contribution in [1.82, 2.24) is 20.1 Å². The topological polar surface area (TPSA) is 89.0 Å². The molecule has 0 amide bonds. The van der Waals surface area contributed by atoms with Crippen molar-refractivity contribution in [2.24, 2.45) is 7.05 Å². The molecule has 0 fully saturated rings. The van der Waals surface area contributed by atoms with E-state index in [0.717, 1.165) is 25.1 Å². The van der Waals surface area contributed by atoms with Crippen LogP contribution in [0.1, 0.15) is 33.1 Å². The summed E-state index contributed by atoms with van der Waals surface area (Å²) in [6.45, 7) is 4.69. The maximum Gasteiger partial charge on any atom is 0.343 e. The van der Waals surface area contributed by atoms with Gasteiger partial charge in [-0.2, -0.15) is 0 Å². The van der Waals surface area contributed by atoms with Gasteiger partial charge in [0.05, 0.1) is 7.11 Å². The number of nitrogens with zero attached hydrogens (tertiary/aromatic N) is 2. The summed E-state index contributed by atoms with van der Waals surface area (Å²) in [4.78, 5) is 23.1. The number of aromatic nitrogens is 3. The van der Waals surface area contributed by atoms with Crippen LogP contribution in [0.25, 0.3) is 0 Å². The Morgan fingerprint density at radius 2 is 2.29 bits per heavy atom. The second kappa shape index (κ2) is 8.23. The van der Waals surface area contributed by atoms with Crippen molar-refractivity contribution in [3.8, 4) is 0 Å². The Labute approximate surface area is 128 Å². The summed E-state index contributed by atoms with van der Waals surface area (Å²) in [7, 11) is 3.08. The van der Waals surface area contributed by atoms with Crippen LogP contribution in [0.15, 0.2) is 9.95 Å². The molecule has 1 aromatic rings. The van der Waals surface area contributed by atoms with E-state index in [4.69, 9.17) is 4.74 Å². The zero-order valence-electron chi connectivity index (χ0n) is 13.1. The molecule has 0 aliphatic heterocycles. The molecule has 1 aromatic heterocycles. The molecule has 0 aliphatic carbocycles. The average molecular weight is 316 g/mol. The summed E-state index contributed by atoms with van der Waals surface area (Å²) in [5.74, 6) is 0.534. The second-order valence-electron chi connectivity index (χ2n) is 5.07. The third-order valence-corrected chi connectivity index (χ3v) is 4.41. The number of carbonyl (C=O) groups is 1. The molecule has 0 spiro atoms. The Morgan fingerprint density at radius 1 is 1.57 bits per heavy atom. The minimum Gasteiger partial charge on any atom is -0.468 e. The molecular weight excluding hydrogens is 292 g/mol. The Morgan fingerprint density at radius 3 is 2.81 bits per heavy atom. The van der Waals surface area contributed by atoms with Gasteiger partial charge in [0.25, 0.3) is 0 Å². The van der Waals surface area contributed by atoms with E-state index in [1.807, 2.05) is 6.92 Å². The molecule has 1 heterocycles. The first kappa shape index (κ1) is 17.8. The fourth-order valence-electron chi connectivity index (χ4n) is 1.94. The largest absolute Gasteiger partial charge is 0.468 e. The van der Waals surface area contributed by atoms with Crippen LogP contribution >= 0.6 is 11.8 Å². The molecule has 7 nitrogen and oxygen atoms in total. The lowest BCUT2D eigenvalue weighted by atomic mass is 9.96. The predicted molar refractivity (Wildman–Crippen MR) is 82.5 cm³/mol.